The summed E-state index contributed by atoms with van der Waals surface area (Å²) in [7, 11) is 0. The first-order chi connectivity index (χ1) is 8.80. The molecule has 0 spiro atoms. The highest BCUT2D eigenvalue weighted by molar-refractivity contribution is 9.10. The third-order valence-corrected chi connectivity index (χ3v) is 3.57. The average molecular weight is 339 g/mol. The second-order valence-corrected chi connectivity index (χ2v) is 5.04. The van der Waals surface area contributed by atoms with Crippen molar-refractivity contribution in [1.82, 2.24) is 4.98 Å². The van der Waals surface area contributed by atoms with Gasteiger partial charge in [0.25, 0.3) is 0 Å². The molecule has 2 rings (SSSR count). The molecule has 8 heteroatoms. The first-order valence-corrected chi connectivity index (χ1v) is 6.33. The number of nitrogens with zero attached hydrogens (tertiary/aromatic N) is 2. The topological polar surface area (TPSA) is 53.4 Å². The number of carboxylic acids is 1. The molecule has 4 nitrogen and oxygen atoms in total. The lowest BCUT2D eigenvalue weighted by Crippen LogP contribution is -2.36. The van der Waals surface area contributed by atoms with Crippen LogP contribution in [0.25, 0.3) is 0 Å². The van der Waals surface area contributed by atoms with E-state index in [4.69, 9.17) is 5.11 Å². The molecule has 0 amide bonds. The number of alkyl halides is 3. The number of rotatable bonds is 2. The van der Waals surface area contributed by atoms with E-state index in [1.165, 1.54) is 17.0 Å². The lowest BCUT2D eigenvalue weighted by atomic mass is 10.2. The van der Waals surface area contributed by atoms with Gasteiger partial charge in [-0.1, -0.05) is 0 Å². The van der Waals surface area contributed by atoms with Gasteiger partial charge in [0.1, 0.15) is 11.9 Å². The molecule has 0 radical (unpaired) electrons. The number of aliphatic carboxylic acids is 1. The van der Waals surface area contributed by atoms with Gasteiger partial charge in [0.05, 0.1) is 0 Å². The normalized spacial score (nSPS) is 19.8. The van der Waals surface area contributed by atoms with Crippen molar-refractivity contribution in [1.29, 1.82) is 0 Å². The van der Waals surface area contributed by atoms with Crippen LogP contribution in [-0.2, 0) is 11.0 Å². The average Bonchev–Trinajstić information content (AvgIpc) is 2.77. The molecule has 1 aliphatic rings. The van der Waals surface area contributed by atoms with Crippen molar-refractivity contribution in [3.63, 3.8) is 0 Å². The highest BCUT2D eigenvalue weighted by atomic mass is 79.9. The van der Waals surface area contributed by atoms with Crippen LogP contribution in [0.2, 0.25) is 0 Å². The zero-order chi connectivity index (χ0) is 14.2. The summed E-state index contributed by atoms with van der Waals surface area (Å²) >= 11 is 2.80. The molecule has 1 fully saturated rings. The van der Waals surface area contributed by atoms with Gasteiger partial charge in [0.15, 0.2) is 5.69 Å². The molecular weight excluding hydrogens is 329 g/mol. The monoisotopic (exact) mass is 338 g/mol. The quantitative estimate of drug-likeness (QED) is 0.900. The van der Waals surface area contributed by atoms with E-state index in [-0.39, 0.29) is 10.3 Å². The summed E-state index contributed by atoms with van der Waals surface area (Å²) in [6.45, 7) is 0.392. The van der Waals surface area contributed by atoms with Crippen LogP contribution in [-0.4, -0.2) is 28.6 Å². The number of anilines is 1. The number of pyridine rings is 1. The molecule has 104 valence electrons. The van der Waals surface area contributed by atoms with Gasteiger partial charge in [-0.25, -0.2) is 9.78 Å². The molecule has 1 atom stereocenters. The summed E-state index contributed by atoms with van der Waals surface area (Å²) in [5, 5.41) is 9.03. The second-order valence-electron chi connectivity index (χ2n) is 4.19. The Morgan fingerprint density at radius 3 is 2.74 bits per heavy atom. The van der Waals surface area contributed by atoms with E-state index in [1.54, 1.807) is 0 Å². The van der Waals surface area contributed by atoms with Gasteiger partial charge in [0, 0.05) is 11.0 Å². The second kappa shape index (κ2) is 4.99. The van der Waals surface area contributed by atoms with Gasteiger partial charge in [0.2, 0.25) is 0 Å². The van der Waals surface area contributed by atoms with Crippen molar-refractivity contribution in [3.8, 4) is 0 Å². The van der Waals surface area contributed by atoms with Gasteiger partial charge < -0.3 is 10.0 Å². The summed E-state index contributed by atoms with van der Waals surface area (Å²) in [6, 6.07) is 1.82. The molecule has 1 aromatic rings. The lowest BCUT2D eigenvalue weighted by molar-refractivity contribution is -0.141. The zero-order valence-corrected chi connectivity index (χ0v) is 11.2. The first kappa shape index (κ1) is 14.1. The van der Waals surface area contributed by atoms with E-state index in [9.17, 15) is 18.0 Å². The van der Waals surface area contributed by atoms with Gasteiger partial charge in [-0.3, -0.25) is 0 Å². The maximum atomic E-state index is 12.7. The van der Waals surface area contributed by atoms with Crippen molar-refractivity contribution in [2.75, 3.05) is 11.4 Å². The first-order valence-electron chi connectivity index (χ1n) is 5.54. The number of carbonyl (C=O) groups is 1. The van der Waals surface area contributed by atoms with Crippen molar-refractivity contribution >= 4 is 27.7 Å². The minimum Gasteiger partial charge on any atom is -0.480 e. The molecule has 1 aromatic heterocycles. The minimum atomic E-state index is -4.58. The lowest BCUT2D eigenvalue weighted by Gasteiger charge is -2.23. The highest BCUT2D eigenvalue weighted by Gasteiger charge is 2.37. The number of hydrogen-bond donors (Lipinski definition) is 1. The van der Waals surface area contributed by atoms with E-state index in [0.29, 0.717) is 19.4 Å². The summed E-state index contributed by atoms with van der Waals surface area (Å²) in [4.78, 5) is 16.0. The molecule has 0 aliphatic carbocycles. The van der Waals surface area contributed by atoms with Gasteiger partial charge in [-0.2, -0.15) is 13.2 Å². The molecule has 19 heavy (non-hydrogen) atoms. The van der Waals surface area contributed by atoms with Crippen molar-refractivity contribution in [2.45, 2.75) is 25.1 Å². The number of hydrogen-bond acceptors (Lipinski definition) is 3. The smallest absolute Gasteiger partial charge is 0.434 e. The van der Waals surface area contributed by atoms with Crippen LogP contribution in [0.15, 0.2) is 16.6 Å². The van der Waals surface area contributed by atoms with Crippen LogP contribution in [0.1, 0.15) is 18.5 Å². The summed E-state index contributed by atoms with van der Waals surface area (Å²) in [5.41, 5.74) is -1.04. The van der Waals surface area contributed by atoms with Crippen LogP contribution in [0.3, 0.4) is 0 Å². The van der Waals surface area contributed by atoms with Gasteiger partial charge >= 0.3 is 12.1 Å². The zero-order valence-electron chi connectivity index (χ0n) is 9.62. The summed E-state index contributed by atoms with van der Waals surface area (Å²) < 4.78 is 38.1. The van der Waals surface area contributed by atoms with Crippen LogP contribution >= 0.6 is 15.9 Å². The van der Waals surface area contributed by atoms with E-state index in [2.05, 4.69) is 20.9 Å². The van der Waals surface area contributed by atoms with E-state index in [1.807, 2.05) is 0 Å². The number of aromatic nitrogens is 1. The molecule has 1 aliphatic heterocycles. The summed E-state index contributed by atoms with van der Waals surface area (Å²) in [6.07, 6.45) is -3.54. The Balaban J connectivity index is 2.38. The molecular formula is C11H10BrF3N2O2. The predicted molar refractivity (Wildman–Crippen MR) is 64.9 cm³/mol. The molecule has 0 aromatic carbocycles. The summed E-state index contributed by atoms with van der Waals surface area (Å²) in [5.74, 6) is -1.00. The van der Waals surface area contributed by atoms with E-state index < -0.39 is 23.9 Å². The number of carboxylic acid groups (broad SMARTS) is 1. The SMILES string of the molecule is O=C(O)C1CCCN1c1ccc(Br)c(C(F)(F)F)n1. The molecule has 1 N–H and O–H groups in total. The Hall–Kier alpha value is -1.31. The number of halogens is 4. The van der Waals surface area contributed by atoms with E-state index in [0.717, 1.165) is 0 Å². The Morgan fingerprint density at radius 2 is 2.16 bits per heavy atom. The predicted octanol–water partition coefficient (Wildman–Crippen LogP) is 2.92. The largest absolute Gasteiger partial charge is 0.480 e. The van der Waals surface area contributed by atoms with E-state index >= 15 is 0 Å². The standard InChI is InChI=1S/C11H10BrF3N2O2/c12-6-3-4-8(16-9(6)11(13,14)15)17-5-1-2-7(17)10(18)19/h3-4,7H,1-2,5H2,(H,18,19). The Morgan fingerprint density at radius 1 is 1.47 bits per heavy atom. The maximum absolute atomic E-state index is 12.7. The maximum Gasteiger partial charge on any atom is 0.434 e. The van der Waals surface area contributed by atoms with Crippen LogP contribution in [0, 0.1) is 0 Å². The molecule has 2 heterocycles. The van der Waals surface area contributed by atoms with Gasteiger partial charge in [-0.05, 0) is 40.9 Å². The van der Waals surface area contributed by atoms with Crippen molar-refractivity contribution in [2.24, 2.45) is 0 Å². The van der Waals surface area contributed by atoms with Crippen LogP contribution in [0.5, 0.6) is 0 Å². The van der Waals surface area contributed by atoms with Crippen LogP contribution < -0.4 is 4.90 Å². The van der Waals surface area contributed by atoms with Crippen molar-refractivity contribution in [3.05, 3.63) is 22.3 Å². The third kappa shape index (κ3) is 2.83. The Bertz CT molecular complexity index is 507. The highest BCUT2D eigenvalue weighted by Crippen LogP contribution is 2.35. The molecule has 0 bridgehead atoms. The van der Waals surface area contributed by atoms with Crippen LogP contribution in [0.4, 0.5) is 19.0 Å². The Labute approximate surface area is 115 Å². The van der Waals surface area contributed by atoms with Gasteiger partial charge in [-0.15, -0.1) is 0 Å². The fraction of sp³-hybridized carbons (Fsp3) is 0.455. The third-order valence-electron chi connectivity index (χ3n) is 2.93. The minimum absolute atomic E-state index is 0.0421. The molecule has 0 saturated carbocycles. The molecule has 1 saturated heterocycles. The fourth-order valence-electron chi connectivity index (χ4n) is 2.09. The van der Waals surface area contributed by atoms with Crippen molar-refractivity contribution < 1.29 is 23.1 Å². The Kier molecular flexibility index (Phi) is 3.71. The fourth-order valence-corrected chi connectivity index (χ4v) is 2.53. The molecule has 1 unspecified atom stereocenters.